The fraction of sp³-hybridized carbons (Fsp3) is 0.417. The van der Waals surface area contributed by atoms with Crippen molar-refractivity contribution >= 4 is 15.7 Å². The normalized spacial score (nSPS) is 11.2. The number of hydrogen-bond donors (Lipinski definition) is 2. The summed E-state index contributed by atoms with van der Waals surface area (Å²) in [5.74, 6) is 0.00940. The van der Waals surface area contributed by atoms with Crippen LogP contribution >= 0.6 is 0 Å². The van der Waals surface area contributed by atoms with E-state index in [0.29, 0.717) is 18.7 Å². The van der Waals surface area contributed by atoms with E-state index in [1.165, 1.54) is 6.26 Å². The molecule has 0 spiro atoms. The van der Waals surface area contributed by atoms with Crippen molar-refractivity contribution in [1.82, 2.24) is 10.6 Å². The van der Waals surface area contributed by atoms with Gasteiger partial charge >= 0.3 is 0 Å². The molecule has 18 heavy (non-hydrogen) atoms. The number of hydrogen-bond acceptors (Lipinski definition) is 4. The summed E-state index contributed by atoms with van der Waals surface area (Å²) in [4.78, 5) is 11.3. The van der Waals surface area contributed by atoms with Gasteiger partial charge in [0.25, 0.3) is 5.91 Å². The highest BCUT2D eigenvalue weighted by Gasteiger charge is 2.03. The number of amides is 1. The lowest BCUT2D eigenvalue weighted by atomic mass is 10.1. The molecule has 0 aliphatic rings. The van der Waals surface area contributed by atoms with Crippen LogP contribution in [0.4, 0.5) is 0 Å². The Labute approximate surface area is 108 Å². The average molecular weight is 270 g/mol. The molecule has 0 atom stereocenters. The maximum absolute atomic E-state index is 11.3. The van der Waals surface area contributed by atoms with Crippen molar-refractivity contribution in [2.24, 2.45) is 0 Å². The van der Waals surface area contributed by atoms with E-state index in [0.717, 1.165) is 5.56 Å². The third kappa shape index (κ3) is 5.29. The van der Waals surface area contributed by atoms with Crippen molar-refractivity contribution in [2.45, 2.75) is 6.54 Å². The van der Waals surface area contributed by atoms with E-state index in [-0.39, 0.29) is 11.7 Å². The number of nitrogens with one attached hydrogen (secondary N) is 2. The van der Waals surface area contributed by atoms with Crippen molar-refractivity contribution in [3.05, 3.63) is 35.4 Å². The van der Waals surface area contributed by atoms with E-state index in [4.69, 9.17) is 0 Å². The average Bonchev–Trinajstić information content (AvgIpc) is 2.33. The predicted molar refractivity (Wildman–Crippen MR) is 71.2 cm³/mol. The van der Waals surface area contributed by atoms with Gasteiger partial charge in [-0.1, -0.05) is 12.1 Å². The van der Waals surface area contributed by atoms with Gasteiger partial charge in [-0.15, -0.1) is 0 Å². The van der Waals surface area contributed by atoms with Crippen LogP contribution in [0.3, 0.4) is 0 Å². The molecule has 0 bridgehead atoms. The summed E-state index contributed by atoms with van der Waals surface area (Å²) in [5.41, 5.74) is 1.62. The molecular formula is C12H18N2O3S. The van der Waals surface area contributed by atoms with E-state index in [1.54, 1.807) is 19.2 Å². The van der Waals surface area contributed by atoms with Crippen molar-refractivity contribution < 1.29 is 13.2 Å². The summed E-state index contributed by atoms with van der Waals surface area (Å²) in [6, 6.07) is 7.18. The highest BCUT2D eigenvalue weighted by Crippen LogP contribution is 2.04. The van der Waals surface area contributed by atoms with Crippen molar-refractivity contribution in [3.8, 4) is 0 Å². The molecule has 6 heteroatoms. The second-order valence-electron chi connectivity index (χ2n) is 4.08. The Morgan fingerprint density at radius 3 is 2.33 bits per heavy atom. The van der Waals surface area contributed by atoms with Gasteiger partial charge in [0.1, 0.15) is 9.84 Å². The molecule has 1 rings (SSSR count). The summed E-state index contributed by atoms with van der Waals surface area (Å²) in [6.45, 7) is 1.01. The summed E-state index contributed by atoms with van der Waals surface area (Å²) < 4.78 is 21.8. The van der Waals surface area contributed by atoms with Gasteiger partial charge in [0, 0.05) is 32.0 Å². The van der Waals surface area contributed by atoms with Crippen LogP contribution in [0.1, 0.15) is 15.9 Å². The molecule has 0 aliphatic heterocycles. The maximum Gasteiger partial charge on any atom is 0.251 e. The van der Waals surface area contributed by atoms with Crippen molar-refractivity contribution in [1.29, 1.82) is 0 Å². The molecule has 100 valence electrons. The van der Waals surface area contributed by atoms with Gasteiger partial charge in [0.05, 0.1) is 5.75 Å². The van der Waals surface area contributed by atoms with Crippen LogP contribution in [0.15, 0.2) is 24.3 Å². The van der Waals surface area contributed by atoms with Crippen LogP contribution in [0, 0.1) is 0 Å². The van der Waals surface area contributed by atoms with Gasteiger partial charge < -0.3 is 10.6 Å². The number of carbonyl (C=O) groups excluding carboxylic acids is 1. The monoisotopic (exact) mass is 270 g/mol. The molecule has 0 heterocycles. The third-order valence-corrected chi connectivity index (χ3v) is 3.37. The Bertz CT molecular complexity index is 495. The molecule has 5 nitrogen and oxygen atoms in total. The molecule has 0 saturated heterocycles. The molecule has 0 aliphatic carbocycles. The lowest BCUT2D eigenvalue weighted by molar-refractivity contribution is 0.0963. The van der Waals surface area contributed by atoms with Gasteiger partial charge in [-0.05, 0) is 17.7 Å². The minimum absolute atomic E-state index is 0.119. The smallest absolute Gasteiger partial charge is 0.251 e. The molecule has 0 aromatic heterocycles. The van der Waals surface area contributed by atoms with E-state index in [9.17, 15) is 13.2 Å². The standard InChI is InChI=1S/C12H18N2O3S/c1-13-12(15)11-5-3-10(4-6-11)9-14-7-8-18(2,16)17/h3-6,14H,7-9H2,1-2H3,(H,13,15). The van der Waals surface area contributed by atoms with Gasteiger partial charge in [-0.25, -0.2) is 8.42 Å². The zero-order valence-corrected chi connectivity index (χ0v) is 11.4. The number of rotatable bonds is 6. The molecule has 0 unspecified atom stereocenters. The summed E-state index contributed by atoms with van der Waals surface area (Å²) in [5, 5.41) is 5.59. The lowest BCUT2D eigenvalue weighted by Gasteiger charge is -2.05. The van der Waals surface area contributed by atoms with E-state index in [1.807, 2.05) is 12.1 Å². The topological polar surface area (TPSA) is 75.3 Å². The third-order valence-electron chi connectivity index (χ3n) is 2.42. The molecular weight excluding hydrogens is 252 g/mol. The van der Waals surface area contributed by atoms with Crippen LogP contribution in [0.5, 0.6) is 0 Å². The second-order valence-corrected chi connectivity index (χ2v) is 6.34. The van der Waals surface area contributed by atoms with Gasteiger partial charge in [0.15, 0.2) is 0 Å². The quantitative estimate of drug-likeness (QED) is 0.723. The van der Waals surface area contributed by atoms with Crippen LogP contribution < -0.4 is 10.6 Å². The Kier molecular flexibility index (Phi) is 5.30. The second kappa shape index (κ2) is 6.51. The number of sulfone groups is 1. The molecule has 1 aromatic carbocycles. The van der Waals surface area contributed by atoms with E-state index >= 15 is 0 Å². The molecule has 1 amide bonds. The first-order chi connectivity index (χ1) is 8.42. The maximum atomic E-state index is 11.3. The van der Waals surface area contributed by atoms with Crippen molar-refractivity contribution in [3.63, 3.8) is 0 Å². The highest BCUT2D eigenvalue weighted by molar-refractivity contribution is 7.90. The summed E-state index contributed by atoms with van der Waals surface area (Å²) >= 11 is 0. The minimum atomic E-state index is -2.92. The minimum Gasteiger partial charge on any atom is -0.355 e. The van der Waals surface area contributed by atoms with Crippen LogP contribution in [-0.4, -0.2) is 39.9 Å². The van der Waals surface area contributed by atoms with Crippen LogP contribution in [0.25, 0.3) is 0 Å². The lowest BCUT2D eigenvalue weighted by Crippen LogP contribution is -2.22. The Hall–Kier alpha value is -1.40. The van der Waals surface area contributed by atoms with Crippen molar-refractivity contribution in [2.75, 3.05) is 25.6 Å². The zero-order valence-electron chi connectivity index (χ0n) is 10.6. The first-order valence-electron chi connectivity index (χ1n) is 5.62. The largest absolute Gasteiger partial charge is 0.355 e. The first kappa shape index (κ1) is 14.7. The molecule has 0 saturated carbocycles. The van der Waals surface area contributed by atoms with Crippen LogP contribution in [-0.2, 0) is 16.4 Å². The van der Waals surface area contributed by atoms with Gasteiger partial charge in [-0.3, -0.25) is 4.79 Å². The Balaban J connectivity index is 2.42. The molecule has 0 fully saturated rings. The van der Waals surface area contributed by atoms with Gasteiger partial charge in [-0.2, -0.15) is 0 Å². The fourth-order valence-corrected chi connectivity index (χ4v) is 1.92. The highest BCUT2D eigenvalue weighted by atomic mass is 32.2. The fourth-order valence-electron chi connectivity index (χ4n) is 1.41. The first-order valence-corrected chi connectivity index (χ1v) is 7.68. The van der Waals surface area contributed by atoms with E-state index in [2.05, 4.69) is 10.6 Å². The summed E-state index contributed by atoms with van der Waals surface area (Å²) in [6.07, 6.45) is 1.22. The molecule has 0 radical (unpaired) electrons. The zero-order chi connectivity index (χ0) is 13.6. The Morgan fingerprint density at radius 1 is 1.22 bits per heavy atom. The SMILES string of the molecule is CNC(=O)c1ccc(CNCCS(C)(=O)=O)cc1. The predicted octanol–water partition coefficient (Wildman–Crippen LogP) is 0.180. The number of benzene rings is 1. The summed E-state index contributed by atoms with van der Waals surface area (Å²) in [7, 11) is -1.33. The van der Waals surface area contributed by atoms with Crippen LogP contribution in [0.2, 0.25) is 0 Å². The van der Waals surface area contributed by atoms with E-state index < -0.39 is 9.84 Å². The molecule has 1 aromatic rings. The molecule has 2 N–H and O–H groups in total. The Morgan fingerprint density at radius 2 is 1.83 bits per heavy atom. The number of carbonyl (C=O) groups is 1. The van der Waals surface area contributed by atoms with Gasteiger partial charge in [0.2, 0.25) is 0 Å².